The lowest BCUT2D eigenvalue weighted by Crippen LogP contribution is -2.38. The van der Waals surface area contributed by atoms with E-state index in [-0.39, 0.29) is 17.1 Å². The Balaban J connectivity index is 0.000000197. The normalized spacial score (nSPS) is 30.0. The van der Waals surface area contributed by atoms with Crippen LogP contribution in [0.15, 0.2) is 30.3 Å². The molecule has 3 atom stereocenters. The summed E-state index contributed by atoms with van der Waals surface area (Å²) in [6.45, 7) is 6.68. The molecule has 3 rings (SSSR count). The van der Waals surface area contributed by atoms with Gasteiger partial charge in [-0.2, -0.15) is 0 Å². The number of hydrogen-bond donors (Lipinski definition) is 0. The van der Waals surface area contributed by atoms with Gasteiger partial charge in [0.1, 0.15) is 21.9 Å². The maximum atomic E-state index is 12.0. The van der Waals surface area contributed by atoms with Crippen molar-refractivity contribution in [1.29, 1.82) is 0 Å². The van der Waals surface area contributed by atoms with Gasteiger partial charge in [-0.3, -0.25) is 4.79 Å². The van der Waals surface area contributed by atoms with Gasteiger partial charge in [0.05, 0.1) is 21.1 Å². The maximum Gasteiger partial charge on any atom is 0.156 e. The molecule has 26 heavy (non-hydrogen) atoms. The molecule has 6 heteroatoms. The third-order valence-electron chi connectivity index (χ3n) is 6.28. The van der Waals surface area contributed by atoms with Crippen molar-refractivity contribution in [2.24, 2.45) is 16.7 Å². The van der Waals surface area contributed by atoms with Crippen molar-refractivity contribution in [3.63, 3.8) is 0 Å². The van der Waals surface area contributed by atoms with Crippen LogP contribution in [0.1, 0.15) is 39.2 Å². The lowest BCUT2D eigenvalue weighted by molar-refractivity contribution is -0.884. The molecule has 2 bridgehead atoms. The average Bonchev–Trinajstić information content (AvgIpc) is 2.78. The molecule has 0 saturated heterocycles. The van der Waals surface area contributed by atoms with Gasteiger partial charge >= 0.3 is 0 Å². The van der Waals surface area contributed by atoms with E-state index in [2.05, 4.69) is 51.5 Å². The van der Waals surface area contributed by atoms with E-state index < -0.39 is 20.8 Å². The van der Waals surface area contributed by atoms with Crippen molar-refractivity contribution in [1.82, 2.24) is 0 Å². The molecule has 0 N–H and O–H groups in total. The van der Waals surface area contributed by atoms with Crippen LogP contribution < -0.4 is 0 Å². The number of nitrogens with zero attached hydrogens (tertiary/aromatic N) is 1. The Hall–Kier alpha value is -1.24. The molecule has 0 spiro atoms. The number of benzene rings is 1. The highest BCUT2D eigenvalue weighted by atomic mass is 32.2. The summed E-state index contributed by atoms with van der Waals surface area (Å²) in [5.41, 5.74) is 0.409. The first-order valence-corrected chi connectivity index (χ1v) is 10.5. The first-order valence-electron chi connectivity index (χ1n) is 9.03. The van der Waals surface area contributed by atoms with Crippen molar-refractivity contribution >= 4 is 15.9 Å². The molecule has 2 aliphatic carbocycles. The van der Waals surface area contributed by atoms with E-state index in [1.807, 2.05) is 13.8 Å². The van der Waals surface area contributed by atoms with Crippen LogP contribution in [0, 0.1) is 16.7 Å². The summed E-state index contributed by atoms with van der Waals surface area (Å²) in [4.78, 5) is 12.0. The summed E-state index contributed by atoms with van der Waals surface area (Å²) in [6, 6.07) is 10.6. The number of rotatable bonds is 3. The minimum Gasteiger partial charge on any atom is -0.747 e. The molecular weight excluding hydrogens is 350 g/mol. The molecule has 5 nitrogen and oxygen atoms in total. The quantitative estimate of drug-likeness (QED) is 0.596. The molecule has 2 saturated carbocycles. The number of ketones is 1. The lowest BCUT2D eigenvalue weighted by Gasteiger charge is -2.32. The average molecular weight is 382 g/mol. The van der Waals surface area contributed by atoms with Gasteiger partial charge < -0.3 is 9.04 Å². The van der Waals surface area contributed by atoms with E-state index in [1.54, 1.807) is 6.92 Å². The van der Waals surface area contributed by atoms with Crippen LogP contribution in [0.2, 0.25) is 0 Å². The van der Waals surface area contributed by atoms with Gasteiger partial charge in [-0.15, -0.1) is 0 Å². The monoisotopic (exact) mass is 381 g/mol. The Kier molecular flexibility index (Phi) is 5.45. The molecule has 2 fully saturated rings. The van der Waals surface area contributed by atoms with Gasteiger partial charge in [-0.05, 0) is 24.2 Å². The lowest BCUT2D eigenvalue weighted by atomic mass is 9.70. The zero-order chi connectivity index (χ0) is 20.0. The molecule has 0 amide bonds. The van der Waals surface area contributed by atoms with Crippen molar-refractivity contribution in [2.75, 3.05) is 21.1 Å². The van der Waals surface area contributed by atoms with E-state index in [9.17, 15) is 17.8 Å². The molecule has 2 aliphatic rings. The Morgan fingerprint density at radius 1 is 1.12 bits per heavy atom. The summed E-state index contributed by atoms with van der Waals surface area (Å²) < 4.78 is 34.3. The minimum atomic E-state index is -4.49. The van der Waals surface area contributed by atoms with E-state index in [0.29, 0.717) is 12.8 Å². The third kappa shape index (κ3) is 3.87. The SMILES string of the molecule is CC12CCC(C(S(=O)(=O)[O-])C1=O)C2(C)C.C[N+](C)(C)Cc1ccccc1. The van der Waals surface area contributed by atoms with E-state index >= 15 is 0 Å². The van der Waals surface area contributed by atoms with Crippen LogP contribution in [-0.2, 0) is 21.5 Å². The summed E-state index contributed by atoms with van der Waals surface area (Å²) in [5.74, 6) is -0.656. The highest BCUT2D eigenvalue weighted by Crippen LogP contribution is 2.64. The van der Waals surface area contributed by atoms with Crippen molar-refractivity contribution in [3.8, 4) is 0 Å². The second-order valence-corrected chi connectivity index (χ2v) is 10.9. The maximum absolute atomic E-state index is 12.0. The van der Waals surface area contributed by atoms with Gasteiger partial charge in [0.15, 0.2) is 5.78 Å². The van der Waals surface area contributed by atoms with Crippen molar-refractivity contribution < 1.29 is 22.2 Å². The summed E-state index contributed by atoms with van der Waals surface area (Å²) in [5, 5.41) is -1.30. The summed E-state index contributed by atoms with van der Waals surface area (Å²) >= 11 is 0. The fourth-order valence-electron chi connectivity index (χ4n) is 4.47. The fraction of sp³-hybridized carbons (Fsp3) is 0.650. The van der Waals surface area contributed by atoms with Crippen molar-refractivity contribution in [3.05, 3.63) is 35.9 Å². The predicted molar refractivity (Wildman–Crippen MR) is 101 cm³/mol. The van der Waals surface area contributed by atoms with Gasteiger partial charge in [-0.25, -0.2) is 8.42 Å². The molecule has 0 aliphatic heterocycles. The third-order valence-corrected chi connectivity index (χ3v) is 7.45. The molecule has 0 aromatic heterocycles. The van der Waals surface area contributed by atoms with Crippen LogP contribution >= 0.6 is 0 Å². The Bertz CT molecular complexity index is 765. The number of fused-ring (bicyclic) bond motifs is 2. The number of hydrogen-bond acceptors (Lipinski definition) is 4. The second kappa shape index (κ2) is 6.73. The Morgan fingerprint density at radius 3 is 2.00 bits per heavy atom. The van der Waals surface area contributed by atoms with Crippen LogP contribution in [0.4, 0.5) is 0 Å². The van der Waals surface area contributed by atoms with E-state index in [1.165, 1.54) is 5.56 Å². The Morgan fingerprint density at radius 2 is 1.65 bits per heavy atom. The first-order chi connectivity index (χ1) is 11.7. The fourth-order valence-corrected chi connectivity index (χ4v) is 5.87. The predicted octanol–water partition coefficient (Wildman–Crippen LogP) is 2.82. The molecule has 0 radical (unpaired) electrons. The molecular formula is C20H31NO4S. The number of carbonyl (C=O) groups is 1. The zero-order valence-electron chi connectivity index (χ0n) is 16.7. The second-order valence-electron chi connectivity index (χ2n) is 9.41. The zero-order valence-corrected chi connectivity index (χ0v) is 17.5. The van der Waals surface area contributed by atoms with Gasteiger partial charge in [0.2, 0.25) is 0 Å². The summed E-state index contributed by atoms with van der Waals surface area (Å²) in [7, 11) is 2.11. The molecule has 146 valence electrons. The van der Waals surface area contributed by atoms with Crippen molar-refractivity contribution in [2.45, 2.75) is 45.4 Å². The molecule has 0 heterocycles. The highest BCUT2D eigenvalue weighted by molar-refractivity contribution is 7.87. The number of Topliss-reactive ketones (excluding diaryl/α,β-unsaturated/α-hetero) is 1. The topological polar surface area (TPSA) is 74.3 Å². The van der Waals surface area contributed by atoms with E-state index in [4.69, 9.17) is 0 Å². The van der Waals surface area contributed by atoms with Crippen LogP contribution in [0.3, 0.4) is 0 Å². The highest BCUT2D eigenvalue weighted by Gasteiger charge is 2.67. The van der Waals surface area contributed by atoms with Crippen LogP contribution in [0.25, 0.3) is 0 Å². The standard InChI is InChI=1S/C10H16N.C10H16O4S/c1-11(2,3)9-10-7-5-4-6-8-10;1-9(2)6-4-5-10(9,3)8(11)7(6)15(12,13)14/h4-8H,9H2,1-3H3;6-7H,4-5H2,1-3H3,(H,12,13,14)/q+1;/p-1. The molecule has 1 aromatic rings. The van der Waals surface area contributed by atoms with Crippen LogP contribution in [-0.4, -0.2) is 49.6 Å². The smallest absolute Gasteiger partial charge is 0.156 e. The summed E-state index contributed by atoms with van der Waals surface area (Å²) in [6.07, 6.45) is 1.37. The number of carbonyl (C=O) groups excluding carboxylic acids is 1. The molecule has 3 unspecified atom stereocenters. The van der Waals surface area contributed by atoms with Gasteiger partial charge in [0, 0.05) is 11.0 Å². The van der Waals surface area contributed by atoms with Gasteiger partial charge in [0.25, 0.3) is 0 Å². The largest absolute Gasteiger partial charge is 0.747 e. The van der Waals surface area contributed by atoms with Crippen LogP contribution in [0.5, 0.6) is 0 Å². The minimum absolute atomic E-state index is 0.294. The number of quaternary nitrogens is 1. The molecule has 1 aromatic carbocycles. The Labute approximate surface area is 157 Å². The first kappa shape index (κ1) is 21.1. The van der Waals surface area contributed by atoms with E-state index in [0.717, 1.165) is 11.0 Å². The van der Waals surface area contributed by atoms with Gasteiger partial charge in [-0.1, -0.05) is 51.1 Å².